The van der Waals surface area contributed by atoms with Crippen LogP contribution >= 0.6 is 15.9 Å². The Kier molecular flexibility index (Phi) is 4.14. The monoisotopic (exact) mass is 331 g/mol. The quantitative estimate of drug-likeness (QED) is 0.853. The number of sulfonamides is 1. The molecule has 0 spiro atoms. The van der Waals surface area contributed by atoms with Gasteiger partial charge in [-0.3, -0.25) is 0 Å². The number of nitrogens with zero attached hydrogens (tertiary/aromatic N) is 1. The molecule has 0 saturated carbocycles. The summed E-state index contributed by atoms with van der Waals surface area (Å²) < 4.78 is 27.6. The molecule has 1 unspecified atom stereocenters. The minimum atomic E-state index is -3.33. The van der Waals surface area contributed by atoms with Gasteiger partial charge in [0.1, 0.15) is 0 Å². The van der Waals surface area contributed by atoms with E-state index in [1.807, 2.05) is 19.1 Å². The van der Waals surface area contributed by atoms with Crippen molar-refractivity contribution in [1.29, 1.82) is 0 Å². The highest BCUT2D eigenvalue weighted by atomic mass is 79.9. The Bertz CT molecular complexity index is 542. The average molecular weight is 332 g/mol. The summed E-state index contributed by atoms with van der Waals surface area (Å²) in [5, 5.41) is 0. The van der Waals surface area contributed by atoms with Crippen LogP contribution in [0.5, 0.6) is 0 Å². The zero-order valence-corrected chi connectivity index (χ0v) is 13.1. The lowest BCUT2D eigenvalue weighted by atomic mass is 10.1. The van der Waals surface area contributed by atoms with E-state index in [0.717, 1.165) is 22.9 Å². The van der Waals surface area contributed by atoms with Crippen molar-refractivity contribution in [2.75, 3.05) is 13.1 Å². The van der Waals surface area contributed by atoms with Gasteiger partial charge in [0, 0.05) is 17.6 Å². The molecule has 1 aromatic rings. The lowest BCUT2D eigenvalue weighted by Crippen LogP contribution is -2.29. The summed E-state index contributed by atoms with van der Waals surface area (Å²) in [6, 6.07) is 5.40. The Balaban J connectivity index is 2.34. The molecule has 1 aromatic carbocycles. The molecule has 2 rings (SSSR count). The number of benzene rings is 1. The molecule has 1 aliphatic rings. The van der Waals surface area contributed by atoms with Crippen LogP contribution in [0.2, 0.25) is 0 Å². The minimum Gasteiger partial charge on any atom is -0.207 e. The number of halogens is 1. The first-order valence-corrected chi connectivity index (χ1v) is 8.44. The molecule has 1 fully saturated rings. The third-order valence-electron chi connectivity index (χ3n) is 3.59. The van der Waals surface area contributed by atoms with E-state index in [4.69, 9.17) is 0 Å². The fourth-order valence-electron chi connectivity index (χ4n) is 2.34. The number of rotatable bonds is 3. The Morgan fingerprint density at radius 2 is 2.17 bits per heavy atom. The molecule has 1 saturated heterocycles. The molecule has 0 bridgehead atoms. The van der Waals surface area contributed by atoms with E-state index in [2.05, 4.69) is 22.9 Å². The highest BCUT2D eigenvalue weighted by Gasteiger charge is 2.32. The Morgan fingerprint density at radius 3 is 2.78 bits per heavy atom. The predicted octanol–water partition coefficient (Wildman–Crippen LogP) is 3.18. The first-order chi connectivity index (χ1) is 8.45. The minimum absolute atomic E-state index is 0.425. The van der Waals surface area contributed by atoms with Crippen molar-refractivity contribution in [3.05, 3.63) is 28.2 Å². The Hall–Kier alpha value is -0.390. The van der Waals surface area contributed by atoms with Crippen LogP contribution in [0.4, 0.5) is 0 Å². The normalized spacial score (nSPS) is 21.4. The largest absolute Gasteiger partial charge is 0.243 e. The third-order valence-corrected chi connectivity index (χ3v) is 6.09. The second-order valence-electron chi connectivity index (χ2n) is 4.84. The highest BCUT2D eigenvalue weighted by molar-refractivity contribution is 9.10. The van der Waals surface area contributed by atoms with Gasteiger partial charge < -0.3 is 0 Å². The summed E-state index contributed by atoms with van der Waals surface area (Å²) in [4.78, 5) is 0.425. The summed E-state index contributed by atoms with van der Waals surface area (Å²) in [6.07, 6.45) is 2.02. The fraction of sp³-hybridized carbons (Fsp3) is 0.538. The molecular weight excluding hydrogens is 314 g/mol. The van der Waals surface area contributed by atoms with Crippen LogP contribution in [0, 0.1) is 12.8 Å². The summed E-state index contributed by atoms with van der Waals surface area (Å²) >= 11 is 3.34. The summed E-state index contributed by atoms with van der Waals surface area (Å²) in [5.74, 6) is 0.507. The molecule has 3 nitrogen and oxygen atoms in total. The van der Waals surface area contributed by atoms with Crippen molar-refractivity contribution in [1.82, 2.24) is 4.31 Å². The maximum absolute atomic E-state index is 12.6. The van der Waals surface area contributed by atoms with Crippen molar-refractivity contribution < 1.29 is 8.42 Å². The Morgan fingerprint density at radius 1 is 1.44 bits per heavy atom. The third kappa shape index (κ3) is 2.63. The molecule has 5 heteroatoms. The SMILES string of the molecule is CCC1CCN(S(=O)(=O)c2cc(Br)ccc2C)C1. The van der Waals surface area contributed by atoms with Gasteiger partial charge in [0.05, 0.1) is 4.90 Å². The first-order valence-electron chi connectivity index (χ1n) is 6.21. The van der Waals surface area contributed by atoms with E-state index in [1.165, 1.54) is 0 Å². The van der Waals surface area contributed by atoms with Crippen molar-refractivity contribution in [3.8, 4) is 0 Å². The van der Waals surface area contributed by atoms with Crippen LogP contribution in [0.3, 0.4) is 0 Å². The van der Waals surface area contributed by atoms with Crippen LogP contribution in [0.25, 0.3) is 0 Å². The van der Waals surface area contributed by atoms with Crippen molar-refractivity contribution in [3.63, 3.8) is 0 Å². The second-order valence-corrected chi connectivity index (χ2v) is 7.66. The predicted molar refractivity (Wildman–Crippen MR) is 76.0 cm³/mol. The summed E-state index contributed by atoms with van der Waals surface area (Å²) in [6.45, 7) is 5.26. The summed E-state index contributed by atoms with van der Waals surface area (Å²) in [5.41, 5.74) is 0.804. The molecule has 1 aliphatic heterocycles. The first kappa shape index (κ1) is 14.0. The van der Waals surface area contributed by atoms with Crippen LogP contribution in [-0.2, 0) is 10.0 Å². The van der Waals surface area contributed by atoms with E-state index in [-0.39, 0.29) is 0 Å². The Labute approximate surface area is 117 Å². The molecule has 1 heterocycles. The van der Waals surface area contributed by atoms with E-state index >= 15 is 0 Å². The van der Waals surface area contributed by atoms with Gasteiger partial charge in [-0.2, -0.15) is 4.31 Å². The number of hydrogen-bond donors (Lipinski definition) is 0. The van der Waals surface area contributed by atoms with Gasteiger partial charge in [-0.05, 0) is 37.0 Å². The van der Waals surface area contributed by atoms with Gasteiger partial charge >= 0.3 is 0 Å². The zero-order chi connectivity index (χ0) is 13.3. The highest BCUT2D eigenvalue weighted by Crippen LogP contribution is 2.29. The molecule has 0 amide bonds. The summed E-state index contributed by atoms with van der Waals surface area (Å²) in [7, 11) is -3.33. The van der Waals surface area contributed by atoms with E-state index in [1.54, 1.807) is 10.4 Å². The van der Waals surface area contributed by atoms with E-state index in [9.17, 15) is 8.42 Å². The van der Waals surface area contributed by atoms with Crippen LogP contribution < -0.4 is 0 Å². The van der Waals surface area contributed by atoms with Crippen molar-refractivity contribution >= 4 is 26.0 Å². The van der Waals surface area contributed by atoms with Crippen LogP contribution in [0.15, 0.2) is 27.6 Å². The smallest absolute Gasteiger partial charge is 0.207 e. The molecule has 100 valence electrons. The van der Waals surface area contributed by atoms with Crippen molar-refractivity contribution in [2.24, 2.45) is 5.92 Å². The van der Waals surface area contributed by atoms with Gasteiger partial charge in [-0.1, -0.05) is 35.3 Å². The molecular formula is C13H18BrNO2S. The second kappa shape index (κ2) is 5.31. The fourth-order valence-corrected chi connectivity index (χ4v) is 4.63. The molecule has 1 atom stereocenters. The number of hydrogen-bond acceptors (Lipinski definition) is 2. The standard InChI is InChI=1S/C13H18BrNO2S/c1-3-11-6-7-15(9-11)18(16,17)13-8-12(14)5-4-10(13)2/h4-5,8,11H,3,6-7,9H2,1-2H3. The zero-order valence-electron chi connectivity index (χ0n) is 10.7. The number of aryl methyl sites for hydroxylation is 1. The molecule has 0 aliphatic carbocycles. The molecule has 0 radical (unpaired) electrons. The van der Waals surface area contributed by atoms with E-state index < -0.39 is 10.0 Å². The van der Waals surface area contributed by atoms with Gasteiger partial charge in [0.2, 0.25) is 10.0 Å². The molecule has 0 N–H and O–H groups in total. The van der Waals surface area contributed by atoms with E-state index in [0.29, 0.717) is 23.9 Å². The van der Waals surface area contributed by atoms with Crippen LogP contribution in [0.1, 0.15) is 25.3 Å². The maximum Gasteiger partial charge on any atom is 0.243 e. The average Bonchev–Trinajstić information content (AvgIpc) is 2.81. The maximum atomic E-state index is 12.6. The van der Waals surface area contributed by atoms with Gasteiger partial charge in [0.15, 0.2) is 0 Å². The molecule has 18 heavy (non-hydrogen) atoms. The lowest BCUT2D eigenvalue weighted by Gasteiger charge is -2.18. The lowest BCUT2D eigenvalue weighted by molar-refractivity contribution is 0.452. The molecule has 0 aromatic heterocycles. The van der Waals surface area contributed by atoms with Gasteiger partial charge in [-0.25, -0.2) is 8.42 Å². The van der Waals surface area contributed by atoms with Crippen LogP contribution in [-0.4, -0.2) is 25.8 Å². The van der Waals surface area contributed by atoms with Gasteiger partial charge in [-0.15, -0.1) is 0 Å². The van der Waals surface area contributed by atoms with Crippen molar-refractivity contribution in [2.45, 2.75) is 31.6 Å². The topological polar surface area (TPSA) is 37.4 Å². The van der Waals surface area contributed by atoms with Gasteiger partial charge in [0.25, 0.3) is 0 Å².